The lowest BCUT2D eigenvalue weighted by Crippen LogP contribution is -2.31. The molecular formula is C16H18N2O4S. The van der Waals surface area contributed by atoms with Crippen LogP contribution >= 0.6 is 0 Å². The van der Waals surface area contributed by atoms with E-state index in [1.807, 2.05) is 18.3 Å². The van der Waals surface area contributed by atoms with Gasteiger partial charge in [-0.15, -0.1) is 0 Å². The van der Waals surface area contributed by atoms with E-state index >= 15 is 0 Å². The lowest BCUT2D eigenvalue weighted by molar-refractivity contribution is 0.171. The van der Waals surface area contributed by atoms with Crippen molar-refractivity contribution in [1.82, 2.24) is 9.29 Å². The molecule has 1 fully saturated rings. The van der Waals surface area contributed by atoms with Gasteiger partial charge in [0.15, 0.2) is 11.5 Å². The Balaban J connectivity index is 1.69. The molecule has 3 heterocycles. The van der Waals surface area contributed by atoms with Gasteiger partial charge in [0.1, 0.15) is 13.2 Å². The number of sulfonamides is 1. The summed E-state index contributed by atoms with van der Waals surface area (Å²) in [5.74, 6) is 1.09. The molecule has 122 valence electrons. The molecule has 7 heteroatoms. The van der Waals surface area contributed by atoms with Crippen LogP contribution in [-0.2, 0) is 10.0 Å². The van der Waals surface area contributed by atoms with Crippen molar-refractivity contribution in [1.29, 1.82) is 0 Å². The number of ether oxygens (including phenoxy) is 2. The predicted molar refractivity (Wildman–Crippen MR) is 84.1 cm³/mol. The Morgan fingerprint density at radius 2 is 1.96 bits per heavy atom. The molecule has 0 aliphatic carbocycles. The molecule has 1 N–H and O–H groups in total. The standard InChI is InChI=1S/C16H18N2O4S/c19-23(20,12-5-6-15-16(11-12)22-10-9-21-15)18-8-2-4-14(18)13-3-1-7-17-13/h1,3,5-7,11,14,17H,2,4,8-10H2. The molecule has 1 aromatic carbocycles. The Bertz CT molecular complexity index is 801. The van der Waals surface area contributed by atoms with Gasteiger partial charge in [-0.05, 0) is 37.1 Å². The molecule has 6 nitrogen and oxygen atoms in total. The first kappa shape index (κ1) is 14.6. The summed E-state index contributed by atoms with van der Waals surface area (Å²) in [6.07, 6.45) is 3.50. The maximum Gasteiger partial charge on any atom is 0.243 e. The van der Waals surface area contributed by atoms with E-state index in [-0.39, 0.29) is 10.9 Å². The highest BCUT2D eigenvalue weighted by molar-refractivity contribution is 7.89. The Kier molecular flexibility index (Phi) is 3.54. The highest BCUT2D eigenvalue weighted by Gasteiger charge is 2.37. The number of nitrogens with zero attached hydrogens (tertiary/aromatic N) is 1. The first-order valence-electron chi connectivity index (χ1n) is 7.71. The molecule has 0 amide bonds. The molecule has 1 saturated heterocycles. The second-order valence-corrected chi connectivity index (χ2v) is 7.60. The average Bonchev–Trinajstić information content (AvgIpc) is 3.25. The third-order valence-electron chi connectivity index (χ3n) is 4.30. The fourth-order valence-electron chi connectivity index (χ4n) is 3.21. The van der Waals surface area contributed by atoms with Gasteiger partial charge in [0.2, 0.25) is 10.0 Å². The molecule has 4 rings (SSSR count). The summed E-state index contributed by atoms with van der Waals surface area (Å²) in [6, 6.07) is 8.51. The zero-order valence-corrected chi connectivity index (χ0v) is 13.4. The Hall–Kier alpha value is -1.99. The number of hydrogen-bond acceptors (Lipinski definition) is 4. The summed E-state index contributed by atoms with van der Waals surface area (Å²) in [5.41, 5.74) is 0.934. The van der Waals surface area contributed by atoms with Crippen LogP contribution in [0.5, 0.6) is 11.5 Å². The molecule has 0 saturated carbocycles. The maximum absolute atomic E-state index is 13.0. The van der Waals surface area contributed by atoms with Gasteiger partial charge >= 0.3 is 0 Å². The van der Waals surface area contributed by atoms with Crippen molar-refractivity contribution in [2.45, 2.75) is 23.8 Å². The van der Waals surface area contributed by atoms with Gasteiger partial charge in [0.05, 0.1) is 10.9 Å². The third kappa shape index (κ3) is 2.49. The highest BCUT2D eigenvalue weighted by Crippen LogP contribution is 2.38. The van der Waals surface area contributed by atoms with Crippen LogP contribution in [0.1, 0.15) is 24.6 Å². The Morgan fingerprint density at radius 3 is 2.74 bits per heavy atom. The third-order valence-corrected chi connectivity index (χ3v) is 6.21. The number of aromatic amines is 1. The van der Waals surface area contributed by atoms with Crippen LogP contribution in [0.2, 0.25) is 0 Å². The minimum Gasteiger partial charge on any atom is -0.486 e. The number of fused-ring (bicyclic) bond motifs is 1. The van der Waals surface area contributed by atoms with Gasteiger partial charge in [-0.1, -0.05) is 0 Å². The van der Waals surface area contributed by atoms with Crippen LogP contribution in [0, 0.1) is 0 Å². The van der Waals surface area contributed by atoms with E-state index in [1.54, 1.807) is 22.5 Å². The van der Waals surface area contributed by atoms with Crippen molar-refractivity contribution in [2.75, 3.05) is 19.8 Å². The van der Waals surface area contributed by atoms with Crippen LogP contribution in [0.25, 0.3) is 0 Å². The molecule has 0 radical (unpaired) electrons. The summed E-state index contributed by atoms with van der Waals surface area (Å²) in [7, 11) is -3.57. The molecule has 0 bridgehead atoms. The van der Waals surface area contributed by atoms with E-state index < -0.39 is 10.0 Å². The number of rotatable bonds is 3. The molecule has 1 atom stereocenters. The van der Waals surface area contributed by atoms with Crippen LogP contribution in [0.3, 0.4) is 0 Å². The fraction of sp³-hybridized carbons (Fsp3) is 0.375. The van der Waals surface area contributed by atoms with Crippen molar-refractivity contribution in [2.24, 2.45) is 0 Å². The van der Waals surface area contributed by atoms with Crippen LogP contribution in [0.4, 0.5) is 0 Å². The molecule has 2 aliphatic heterocycles. The van der Waals surface area contributed by atoms with E-state index in [2.05, 4.69) is 4.98 Å². The van der Waals surface area contributed by atoms with E-state index in [9.17, 15) is 8.42 Å². The summed E-state index contributed by atoms with van der Waals surface area (Å²) in [5, 5.41) is 0. The quantitative estimate of drug-likeness (QED) is 0.935. The number of hydrogen-bond donors (Lipinski definition) is 1. The SMILES string of the molecule is O=S(=O)(c1ccc2c(c1)OCCO2)N1CCCC1c1ccc[nH]1. The smallest absolute Gasteiger partial charge is 0.243 e. The van der Waals surface area contributed by atoms with E-state index in [0.29, 0.717) is 31.3 Å². The first-order valence-corrected chi connectivity index (χ1v) is 9.15. The summed E-state index contributed by atoms with van der Waals surface area (Å²) < 4.78 is 38.6. The second-order valence-electron chi connectivity index (χ2n) is 5.70. The minimum absolute atomic E-state index is 0.136. The number of aromatic nitrogens is 1. The van der Waals surface area contributed by atoms with Gasteiger partial charge in [0, 0.05) is 24.5 Å². The first-order chi connectivity index (χ1) is 11.2. The summed E-state index contributed by atoms with van der Waals surface area (Å²) >= 11 is 0. The van der Waals surface area contributed by atoms with Gasteiger partial charge in [-0.25, -0.2) is 8.42 Å². The molecule has 1 aromatic heterocycles. The van der Waals surface area contributed by atoms with Crippen molar-refractivity contribution < 1.29 is 17.9 Å². The molecular weight excluding hydrogens is 316 g/mol. The predicted octanol–water partition coefficient (Wildman–Crippen LogP) is 2.31. The highest BCUT2D eigenvalue weighted by atomic mass is 32.2. The maximum atomic E-state index is 13.0. The van der Waals surface area contributed by atoms with E-state index in [0.717, 1.165) is 18.5 Å². The van der Waals surface area contributed by atoms with Crippen molar-refractivity contribution >= 4 is 10.0 Å². The molecule has 1 unspecified atom stereocenters. The monoisotopic (exact) mass is 334 g/mol. The largest absolute Gasteiger partial charge is 0.486 e. The van der Waals surface area contributed by atoms with Crippen LogP contribution in [0.15, 0.2) is 41.4 Å². The Labute approximate surface area is 135 Å². The lowest BCUT2D eigenvalue weighted by atomic mass is 10.2. The topological polar surface area (TPSA) is 71.6 Å². The van der Waals surface area contributed by atoms with Crippen molar-refractivity contribution in [3.05, 3.63) is 42.2 Å². The summed E-state index contributed by atoms with van der Waals surface area (Å²) in [6.45, 7) is 1.45. The van der Waals surface area contributed by atoms with Gasteiger partial charge in [-0.3, -0.25) is 0 Å². The van der Waals surface area contributed by atoms with E-state index in [4.69, 9.17) is 9.47 Å². The minimum atomic E-state index is -3.57. The number of nitrogens with one attached hydrogen (secondary N) is 1. The summed E-state index contributed by atoms with van der Waals surface area (Å²) in [4.78, 5) is 3.38. The zero-order valence-electron chi connectivity index (χ0n) is 12.6. The van der Waals surface area contributed by atoms with Gasteiger partial charge in [0.25, 0.3) is 0 Å². The zero-order chi connectivity index (χ0) is 15.9. The molecule has 23 heavy (non-hydrogen) atoms. The van der Waals surface area contributed by atoms with Gasteiger partial charge < -0.3 is 14.5 Å². The Morgan fingerprint density at radius 1 is 1.13 bits per heavy atom. The molecule has 2 aliphatic rings. The normalized spacial score (nSPS) is 21.5. The van der Waals surface area contributed by atoms with Crippen molar-refractivity contribution in [3.8, 4) is 11.5 Å². The van der Waals surface area contributed by atoms with Crippen LogP contribution in [-0.4, -0.2) is 37.5 Å². The second kappa shape index (κ2) is 5.58. The van der Waals surface area contributed by atoms with Crippen molar-refractivity contribution in [3.63, 3.8) is 0 Å². The lowest BCUT2D eigenvalue weighted by Gasteiger charge is -2.24. The number of benzene rings is 1. The average molecular weight is 334 g/mol. The van der Waals surface area contributed by atoms with E-state index in [1.165, 1.54) is 0 Å². The molecule has 2 aromatic rings. The number of H-pyrrole nitrogens is 1. The van der Waals surface area contributed by atoms with Gasteiger partial charge in [-0.2, -0.15) is 4.31 Å². The van der Waals surface area contributed by atoms with Crippen LogP contribution < -0.4 is 9.47 Å². The fourth-order valence-corrected chi connectivity index (χ4v) is 4.90. The molecule has 0 spiro atoms.